The highest BCUT2D eigenvalue weighted by Gasteiger charge is 2.26. The average molecular weight is 518 g/mol. The van der Waals surface area contributed by atoms with Crippen LogP contribution < -0.4 is 10.6 Å². The summed E-state index contributed by atoms with van der Waals surface area (Å²) in [6.07, 6.45) is 4.40. The van der Waals surface area contributed by atoms with E-state index in [0.717, 1.165) is 69.3 Å². The Bertz CT molecular complexity index is 664. The van der Waals surface area contributed by atoms with Crippen LogP contribution in [0.4, 0.5) is 0 Å². The van der Waals surface area contributed by atoms with Gasteiger partial charge in [-0.05, 0) is 25.7 Å². The van der Waals surface area contributed by atoms with Gasteiger partial charge in [-0.3, -0.25) is 14.7 Å². The van der Waals surface area contributed by atoms with Crippen LogP contribution in [0.1, 0.15) is 56.9 Å². The van der Waals surface area contributed by atoms with Gasteiger partial charge >= 0.3 is 0 Å². The number of halogens is 1. The standard InChI is InChI=1S/C20H34N6O2.HI/c1-4-15(5-2)18-12-17(28-24-18)13-22-20(21-3)26-10-8-25(9-11-26)14-19(27)23-16-6-7-16;/h12,15-16H,4-11,13-14H2,1-3H3,(H,21,22)(H,23,27);1H. The van der Waals surface area contributed by atoms with Crippen LogP contribution in [0.3, 0.4) is 0 Å². The molecule has 164 valence electrons. The average Bonchev–Trinajstić information content (AvgIpc) is 3.39. The van der Waals surface area contributed by atoms with Gasteiger partial charge in [-0.1, -0.05) is 19.0 Å². The molecule has 2 aliphatic rings. The highest BCUT2D eigenvalue weighted by molar-refractivity contribution is 14.0. The van der Waals surface area contributed by atoms with Crippen LogP contribution >= 0.6 is 24.0 Å². The van der Waals surface area contributed by atoms with Gasteiger partial charge in [0, 0.05) is 51.3 Å². The Labute approximate surface area is 190 Å². The Morgan fingerprint density at radius 3 is 2.55 bits per heavy atom. The number of aliphatic imine (C=N–C) groups is 1. The number of carbonyl (C=O) groups is 1. The molecule has 1 aromatic heterocycles. The van der Waals surface area contributed by atoms with Crippen molar-refractivity contribution in [3.8, 4) is 0 Å². The van der Waals surface area contributed by atoms with Crippen LogP contribution in [0.2, 0.25) is 0 Å². The summed E-state index contributed by atoms with van der Waals surface area (Å²) in [7, 11) is 1.80. The minimum Gasteiger partial charge on any atom is -0.359 e. The first-order chi connectivity index (χ1) is 13.6. The van der Waals surface area contributed by atoms with E-state index >= 15 is 0 Å². The molecule has 1 aromatic rings. The molecule has 29 heavy (non-hydrogen) atoms. The lowest BCUT2D eigenvalue weighted by Crippen LogP contribution is -2.54. The summed E-state index contributed by atoms with van der Waals surface area (Å²) in [5, 5.41) is 10.7. The Hall–Kier alpha value is -1.36. The van der Waals surface area contributed by atoms with E-state index in [-0.39, 0.29) is 29.9 Å². The van der Waals surface area contributed by atoms with Crippen molar-refractivity contribution in [2.75, 3.05) is 39.8 Å². The van der Waals surface area contributed by atoms with Crippen LogP contribution in [-0.2, 0) is 11.3 Å². The molecule has 9 heteroatoms. The maximum Gasteiger partial charge on any atom is 0.234 e. The van der Waals surface area contributed by atoms with Crippen molar-refractivity contribution >= 4 is 35.8 Å². The van der Waals surface area contributed by atoms with E-state index < -0.39 is 0 Å². The lowest BCUT2D eigenvalue weighted by Gasteiger charge is -2.36. The maximum absolute atomic E-state index is 12.0. The summed E-state index contributed by atoms with van der Waals surface area (Å²) in [4.78, 5) is 20.8. The number of aromatic nitrogens is 1. The van der Waals surface area contributed by atoms with E-state index in [1.54, 1.807) is 7.05 Å². The fraction of sp³-hybridized carbons (Fsp3) is 0.750. The van der Waals surface area contributed by atoms with Crippen molar-refractivity contribution in [3.63, 3.8) is 0 Å². The van der Waals surface area contributed by atoms with E-state index in [2.05, 4.69) is 44.4 Å². The van der Waals surface area contributed by atoms with Gasteiger partial charge in [0.25, 0.3) is 0 Å². The summed E-state index contributed by atoms with van der Waals surface area (Å²) in [5.41, 5.74) is 1.04. The lowest BCUT2D eigenvalue weighted by atomic mass is 9.99. The SMILES string of the molecule is CCC(CC)c1cc(CNC(=NC)N2CCN(CC(=O)NC3CC3)CC2)on1.I. The Balaban J connectivity index is 0.00000300. The zero-order valence-electron chi connectivity index (χ0n) is 17.8. The topological polar surface area (TPSA) is 86.0 Å². The van der Waals surface area contributed by atoms with Crippen molar-refractivity contribution in [1.82, 2.24) is 25.6 Å². The first-order valence-electron chi connectivity index (χ1n) is 10.6. The molecule has 2 N–H and O–H groups in total. The van der Waals surface area contributed by atoms with Crippen molar-refractivity contribution < 1.29 is 9.32 Å². The third-order valence-corrected chi connectivity index (χ3v) is 5.60. The van der Waals surface area contributed by atoms with E-state index in [1.165, 1.54) is 0 Å². The number of nitrogens with one attached hydrogen (secondary N) is 2. The number of hydrogen-bond donors (Lipinski definition) is 2. The molecule has 0 radical (unpaired) electrons. The van der Waals surface area contributed by atoms with Gasteiger partial charge in [0.05, 0.1) is 18.8 Å². The molecule has 2 fully saturated rings. The van der Waals surface area contributed by atoms with Crippen molar-refractivity contribution in [2.24, 2.45) is 4.99 Å². The number of nitrogens with zero attached hydrogens (tertiary/aromatic N) is 4. The van der Waals surface area contributed by atoms with Crippen LogP contribution in [0.25, 0.3) is 0 Å². The number of hydrogen-bond acceptors (Lipinski definition) is 5. The molecule has 1 aliphatic heterocycles. The molecule has 0 spiro atoms. The third kappa shape index (κ3) is 7.13. The molecule has 0 aromatic carbocycles. The molecule has 0 bridgehead atoms. The smallest absolute Gasteiger partial charge is 0.234 e. The second-order valence-corrected chi connectivity index (χ2v) is 7.74. The zero-order chi connectivity index (χ0) is 19.9. The second kappa shape index (κ2) is 11.7. The number of rotatable bonds is 8. The first-order valence-corrected chi connectivity index (χ1v) is 10.6. The highest BCUT2D eigenvalue weighted by atomic mass is 127. The minimum absolute atomic E-state index is 0. The molecule has 0 atom stereocenters. The Morgan fingerprint density at radius 1 is 1.28 bits per heavy atom. The summed E-state index contributed by atoms with van der Waals surface area (Å²) < 4.78 is 5.49. The van der Waals surface area contributed by atoms with Gasteiger partial charge in [-0.15, -0.1) is 24.0 Å². The predicted octanol–water partition coefficient (Wildman–Crippen LogP) is 2.17. The number of piperazine rings is 1. The molecule has 0 unspecified atom stereocenters. The second-order valence-electron chi connectivity index (χ2n) is 7.74. The Morgan fingerprint density at radius 2 is 1.97 bits per heavy atom. The van der Waals surface area contributed by atoms with Gasteiger partial charge in [-0.2, -0.15) is 0 Å². The van der Waals surface area contributed by atoms with Crippen molar-refractivity contribution in [2.45, 2.75) is 58.0 Å². The summed E-state index contributed by atoms with van der Waals surface area (Å²) >= 11 is 0. The maximum atomic E-state index is 12.0. The lowest BCUT2D eigenvalue weighted by molar-refractivity contribution is -0.122. The van der Waals surface area contributed by atoms with Crippen LogP contribution in [0.5, 0.6) is 0 Å². The largest absolute Gasteiger partial charge is 0.359 e. The number of guanidine groups is 1. The normalized spacial score (nSPS) is 17.9. The monoisotopic (exact) mass is 518 g/mol. The number of carbonyl (C=O) groups excluding carboxylic acids is 1. The molecular formula is C20H35IN6O2. The molecule has 8 nitrogen and oxygen atoms in total. The van der Waals surface area contributed by atoms with Gasteiger partial charge in [-0.25, -0.2) is 0 Å². The van der Waals surface area contributed by atoms with Crippen molar-refractivity contribution in [1.29, 1.82) is 0 Å². The highest BCUT2D eigenvalue weighted by Crippen LogP contribution is 2.22. The fourth-order valence-electron chi connectivity index (χ4n) is 3.63. The minimum atomic E-state index is 0. The van der Waals surface area contributed by atoms with Gasteiger partial charge < -0.3 is 20.1 Å². The van der Waals surface area contributed by atoms with E-state index in [4.69, 9.17) is 4.52 Å². The molecule has 2 heterocycles. The molecule has 3 rings (SSSR count). The van der Waals surface area contributed by atoms with E-state index in [1.807, 2.05) is 6.07 Å². The third-order valence-electron chi connectivity index (χ3n) is 5.60. The van der Waals surface area contributed by atoms with E-state index in [0.29, 0.717) is 25.0 Å². The summed E-state index contributed by atoms with van der Waals surface area (Å²) in [5.74, 6) is 2.31. The van der Waals surface area contributed by atoms with Crippen LogP contribution in [-0.4, -0.2) is 72.6 Å². The molecule has 1 amide bonds. The summed E-state index contributed by atoms with van der Waals surface area (Å²) in [6.45, 7) is 8.85. The zero-order valence-corrected chi connectivity index (χ0v) is 20.1. The molecule has 1 saturated heterocycles. The van der Waals surface area contributed by atoms with Gasteiger partial charge in [0.15, 0.2) is 11.7 Å². The quantitative estimate of drug-likeness (QED) is 0.312. The van der Waals surface area contributed by atoms with E-state index in [9.17, 15) is 4.79 Å². The van der Waals surface area contributed by atoms with Gasteiger partial charge in [0.2, 0.25) is 5.91 Å². The first kappa shape index (κ1) is 23.9. The van der Waals surface area contributed by atoms with Crippen LogP contribution in [0, 0.1) is 0 Å². The van der Waals surface area contributed by atoms with Crippen molar-refractivity contribution in [3.05, 3.63) is 17.5 Å². The van der Waals surface area contributed by atoms with Crippen LogP contribution in [0.15, 0.2) is 15.6 Å². The summed E-state index contributed by atoms with van der Waals surface area (Å²) in [6, 6.07) is 2.48. The number of amides is 1. The molecule has 1 aliphatic carbocycles. The Kier molecular flexibility index (Phi) is 9.67. The van der Waals surface area contributed by atoms with Gasteiger partial charge in [0.1, 0.15) is 0 Å². The molecule has 1 saturated carbocycles. The molecular weight excluding hydrogens is 483 g/mol. The predicted molar refractivity (Wildman–Crippen MR) is 125 cm³/mol. The fourth-order valence-corrected chi connectivity index (χ4v) is 3.63.